The number of para-hydroxylation sites is 2. The van der Waals surface area contributed by atoms with Crippen molar-refractivity contribution in [3.8, 4) is 5.75 Å². The van der Waals surface area contributed by atoms with Crippen molar-refractivity contribution < 1.29 is 14.3 Å². The number of halogens is 1. The number of benzene rings is 1. The molecule has 76 valence electrons. The van der Waals surface area contributed by atoms with Crippen LogP contribution >= 0.6 is 11.6 Å². The van der Waals surface area contributed by atoms with Gasteiger partial charge in [0.15, 0.2) is 5.38 Å². The number of ether oxygens (including phenoxy) is 2. The third-order valence-electron chi connectivity index (χ3n) is 2.28. The van der Waals surface area contributed by atoms with Crippen molar-refractivity contribution in [1.29, 1.82) is 0 Å². The normalized spacial score (nSPS) is 27.3. The highest BCUT2D eigenvalue weighted by molar-refractivity contribution is 6.44. The summed E-state index contributed by atoms with van der Waals surface area (Å²) in [6.07, 6.45) is -0.755. The zero-order chi connectivity index (χ0) is 10.4. The summed E-state index contributed by atoms with van der Waals surface area (Å²) in [4.78, 5) is 15.4. The molecule has 2 heterocycles. The number of aliphatic imine (C=N–C) groups is 1. The smallest absolute Gasteiger partial charge is 0.333 e. The van der Waals surface area contributed by atoms with E-state index in [1.165, 1.54) is 0 Å². The van der Waals surface area contributed by atoms with Gasteiger partial charge in [0.2, 0.25) is 0 Å². The Labute approximate surface area is 90.5 Å². The number of esters is 1. The monoisotopic (exact) mass is 223 g/mol. The maximum atomic E-state index is 11.2. The lowest BCUT2D eigenvalue weighted by Crippen LogP contribution is -2.28. The van der Waals surface area contributed by atoms with E-state index in [4.69, 9.17) is 21.1 Å². The lowest BCUT2D eigenvalue weighted by atomic mass is 10.2. The lowest BCUT2D eigenvalue weighted by molar-refractivity contribution is -0.148. The first-order valence-electron chi connectivity index (χ1n) is 4.44. The Morgan fingerprint density at radius 1 is 1.27 bits per heavy atom. The van der Waals surface area contributed by atoms with E-state index in [1.807, 2.05) is 12.1 Å². The second-order valence-electron chi connectivity index (χ2n) is 3.25. The Hall–Kier alpha value is -1.55. The van der Waals surface area contributed by atoms with Gasteiger partial charge in [0.1, 0.15) is 17.1 Å². The first kappa shape index (κ1) is 8.73. The van der Waals surface area contributed by atoms with Crippen LogP contribution in [0.2, 0.25) is 0 Å². The van der Waals surface area contributed by atoms with Crippen LogP contribution < -0.4 is 4.74 Å². The Bertz CT molecular complexity index is 471. The van der Waals surface area contributed by atoms with Gasteiger partial charge in [-0.2, -0.15) is 0 Å². The fraction of sp³-hybridized carbons (Fsp3) is 0.200. The second-order valence-corrected chi connectivity index (χ2v) is 3.69. The minimum Gasteiger partial charge on any atom is -0.447 e. The Kier molecular flexibility index (Phi) is 1.73. The van der Waals surface area contributed by atoms with Crippen molar-refractivity contribution in [3.63, 3.8) is 0 Å². The third-order valence-corrected chi connectivity index (χ3v) is 2.68. The predicted molar refractivity (Wildman–Crippen MR) is 53.7 cm³/mol. The van der Waals surface area contributed by atoms with Gasteiger partial charge in [0.25, 0.3) is 6.29 Å². The average Bonchev–Trinajstić information content (AvgIpc) is 2.52. The number of hydrogen-bond acceptors (Lipinski definition) is 4. The standard InChI is InChI=1S/C10H6ClNO3/c11-7-8-10(15-9(7)13)14-6-4-2-1-3-5(6)12-8/h1-4,7,10H. The predicted octanol–water partition coefficient (Wildman–Crippen LogP) is 1.64. The summed E-state index contributed by atoms with van der Waals surface area (Å²) in [5, 5.41) is -0.830. The first-order valence-corrected chi connectivity index (χ1v) is 4.88. The van der Waals surface area contributed by atoms with Crippen molar-refractivity contribution in [3.05, 3.63) is 24.3 Å². The molecule has 0 amide bonds. The van der Waals surface area contributed by atoms with Crippen molar-refractivity contribution in [2.24, 2.45) is 4.99 Å². The van der Waals surface area contributed by atoms with E-state index in [-0.39, 0.29) is 0 Å². The van der Waals surface area contributed by atoms with Gasteiger partial charge in [-0.05, 0) is 12.1 Å². The molecule has 0 N–H and O–H groups in total. The van der Waals surface area contributed by atoms with E-state index in [2.05, 4.69) is 4.99 Å². The highest BCUT2D eigenvalue weighted by Gasteiger charge is 2.43. The summed E-state index contributed by atoms with van der Waals surface area (Å²) in [7, 11) is 0. The molecule has 15 heavy (non-hydrogen) atoms. The number of rotatable bonds is 0. The molecule has 5 heteroatoms. The van der Waals surface area contributed by atoms with Crippen LogP contribution in [0.15, 0.2) is 29.3 Å². The second kappa shape index (κ2) is 2.97. The molecule has 1 aromatic rings. The molecule has 0 saturated carbocycles. The largest absolute Gasteiger partial charge is 0.447 e. The zero-order valence-electron chi connectivity index (χ0n) is 7.51. The maximum Gasteiger partial charge on any atom is 0.333 e. The van der Waals surface area contributed by atoms with Gasteiger partial charge < -0.3 is 9.47 Å². The number of nitrogens with zero attached hydrogens (tertiary/aromatic N) is 1. The van der Waals surface area contributed by atoms with Crippen molar-refractivity contribution in [2.45, 2.75) is 11.7 Å². The van der Waals surface area contributed by atoms with Crippen LogP contribution in [0.4, 0.5) is 5.69 Å². The summed E-state index contributed by atoms with van der Waals surface area (Å²) >= 11 is 5.82. The summed E-state index contributed by atoms with van der Waals surface area (Å²) < 4.78 is 10.3. The highest BCUT2D eigenvalue weighted by Crippen LogP contribution is 2.35. The summed E-state index contributed by atoms with van der Waals surface area (Å²) in [6.45, 7) is 0. The van der Waals surface area contributed by atoms with Crippen LogP contribution in [0, 0.1) is 0 Å². The molecule has 2 aliphatic heterocycles. The zero-order valence-corrected chi connectivity index (χ0v) is 8.27. The van der Waals surface area contributed by atoms with E-state index < -0.39 is 17.6 Å². The van der Waals surface area contributed by atoms with E-state index in [9.17, 15) is 4.79 Å². The van der Waals surface area contributed by atoms with E-state index in [0.717, 1.165) is 0 Å². The lowest BCUT2D eigenvalue weighted by Gasteiger charge is -2.19. The van der Waals surface area contributed by atoms with Gasteiger partial charge in [0, 0.05) is 0 Å². The van der Waals surface area contributed by atoms with Gasteiger partial charge >= 0.3 is 5.97 Å². The van der Waals surface area contributed by atoms with Gasteiger partial charge in [-0.3, -0.25) is 0 Å². The van der Waals surface area contributed by atoms with Crippen LogP contribution in [-0.2, 0) is 9.53 Å². The number of carbonyl (C=O) groups excluding carboxylic acids is 1. The molecule has 1 aromatic carbocycles. The van der Waals surface area contributed by atoms with Gasteiger partial charge in [-0.15, -0.1) is 11.6 Å². The van der Waals surface area contributed by atoms with Crippen molar-refractivity contribution >= 4 is 29.0 Å². The molecule has 1 saturated heterocycles. The number of alkyl halides is 1. The molecule has 2 atom stereocenters. The molecule has 0 bridgehead atoms. The molecule has 2 unspecified atom stereocenters. The van der Waals surface area contributed by atoms with E-state index in [1.54, 1.807) is 12.1 Å². The van der Waals surface area contributed by atoms with Crippen molar-refractivity contribution in [1.82, 2.24) is 0 Å². The van der Waals surface area contributed by atoms with Gasteiger partial charge in [0.05, 0.1) is 0 Å². The molecule has 0 radical (unpaired) electrons. The van der Waals surface area contributed by atoms with Gasteiger partial charge in [-0.1, -0.05) is 12.1 Å². The number of carbonyl (C=O) groups is 1. The van der Waals surface area contributed by atoms with Crippen LogP contribution in [-0.4, -0.2) is 23.3 Å². The van der Waals surface area contributed by atoms with Crippen LogP contribution in [0.5, 0.6) is 5.75 Å². The minimum absolute atomic E-state index is 0.431. The number of hydrogen-bond donors (Lipinski definition) is 0. The fourth-order valence-electron chi connectivity index (χ4n) is 1.56. The average molecular weight is 224 g/mol. The molecule has 4 nitrogen and oxygen atoms in total. The summed E-state index contributed by atoms with van der Waals surface area (Å²) in [6, 6.07) is 7.23. The third kappa shape index (κ3) is 1.22. The first-order chi connectivity index (χ1) is 7.25. The van der Waals surface area contributed by atoms with E-state index >= 15 is 0 Å². The Balaban J connectivity index is 2.10. The highest BCUT2D eigenvalue weighted by atomic mass is 35.5. The fourth-order valence-corrected chi connectivity index (χ4v) is 1.77. The molecular formula is C10H6ClNO3. The topological polar surface area (TPSA) is 47.9 Å². The molecule has 1 fully saturated rings. The number of fused-ring (bicyclic) bond motifs is 2. The molecular weight excluding hydrogens is 218 g/mol. The molecule has 0 aromatic heterocycles. The van der Waals surface area contributed by atoms with Crippen LogP contribution in [0.1, 0.15) is 0 Å². The SMILES string of the molecule is O=C1OC2Oc3ccccc3N=C2C1Cl. The molecule has 0 spiro atoms. The van der Waals surface area contributed by atoms with Crippen molar-refractivity contribution in [2.75, 3.05) is 0 Å². The minimum atomic E-state index is -0.830. The Morgan fingerprint density at radius 2 is 2.07 bits per heavy atom. The van der Waals surface area contributed by atoms with Gasteiger partial charge in [-0.25, -0.2) is 9.79 Å². The molecule has 0 aliphatic carbocycles. The maximum absolute atomic E-state index is 11.2. The summed E-state index contributed by atoms with van der Waals surface area (Å²) in [5.74, 6) is 0.0954. The van der Waals surface area contributed by atoms with Crippen LogP contribution in [0.3, 0.4) is 0 Å². The molecule has 2 aliphatic rings. The summed E-state index contributed by atoms with van der Waals surface area (Å²) in [5.41, 5.74) is 1.10. The quantitative estimate of drug-likeness (QED) is 0.496. The Morgan fingerprint density at radius 3 is 2.93 bits per heavy atom. The molecule has 3 rings (SSSR count). The van der Waals surface area contributed by atoms with Crippen LogP contribution in [0.25, 0.3) is 0 Å². The van der Waals surface area contributed by atoms with E-state index in [0.29, 0.717) is 17.1 Å².